The molecule has 8 aromatic carbocycles. The van der Waals surface area contributed by atoms with E-state index < -0.39 is 0 Å². The van der Waals surface area contributed by atoms with E-state index in [9.17, 15) is 0 Å². The van der Waals surface area contributed by atoms with Gasteiger partial charge in [-0.3, -0.25) is 0 Å². The first-order chi connectivity index (χ1) is 23.8. The zero-order valence-corrected chi connectivity index (χ0v) is 27.1. The Morgan fingerprint density at radius 2 is 0.792 bits per heavy atom. The van der Waals surface area contributed by atoms with Gasteiger partial charge in [-0.1, -0.05) is 146 Å². The molecule has 0 saturated heterocycles. The highest BCUT2D eigenvalue weighted by atomic mass is 32.1. The molecule has 0 N–H and O–H groups in total. The van der Waals surface area contributed by atoms with E-state index in [1.165, 1.54) is 64.3 Å². The predicted molar refractivity (Wildman–Crippen MR) is 208 cm³/mol. The zero-order valence-electron chi connectivity index (χ0n) is 26.3. The van der Waals surface area contributed by atoms with Gasteiger partial charge in [-0.25, -0.2) is 0 Å². The Morgan fingerprint density at radius 3 is 1.38 bits per heavy atom. The molecule has 2 heteroatoms. The summed E-state index contributed by atoms with van der Waals surface area (Å²) in [6.07, 6.45) is 0. The molecule has 0 radical (unpaired) electrons. The Hall–Kier alpha value is -5.96. The van der Waals surface area contributed by atoms with Crippen molar-refractivity contribution in [3.05, 3.63) is 188 Å². The third-order valence-corrected chi connectivity index (χ3v) is 10.5. The van der Waals surface area contributed by atoms with E-state index >= 15 is 0 Å². The van der Waals surface area contributed by atoms with Crippen molar-refractivity contribution in [2.45, 2.75) is 0 Å². The summed E-state index contributed by atoms with van der Waals surface area (Å²) >= 11 is 1.89. The van der Waals surface area contributed by atoms with Crippen LogP contribution in [0.1, 0.15) is 0 Å². The number of hydrogen-bond donors (Lipinski definition) is 0. The van der Waals surface area contributed by atoms with Crippen molar-refractivity contribution in [1.29, 1.82) is 0 Å². The lowest BCUT2D eigenvalue weighted by Gasteiger charge is -2.27. The maximum atomic E-state index is 2.40. The normalized spacial score (nSPS) is 11.3. The van der Waals surface area contributed by atoms with Crippen LogP contribution in [-0.4, -0.2) is 0 Å². The van der Waals surface area contributed by atoms with E-state index in [1.807, 2.05) is 11.3 Å². The van der Waals surface area contributed by atoms with Crippen LogP contribution in [0.15, 0.2) is 188 Å². The molecule has 1 aromatic heterocycles. The second-order valence-corrected chi connectivity index (χ2v) is 13.2. The molecule has 48 heavy (non-hydrogen) atoms. The van der Waals surface area contributed by atoms with Crippen LogP contribution in [0, 0.1) is 0 Å². The van der Waals surface area contributed by atoms with Crippen molar-refractivity contribution >= 4 is 59.3 Å². The molecule has 1 nitrogen and oxygen atoms in total. The SMILES string of the molecule is c1ccc(-c2ccc(N(c3ccc(-c4ccccc4)cc3)c3cc(-c4ccccc4)c4ccc5c6ccccc6sc5c4c3)cc2)cc1. The molecular formula is C46H31NS. The van der Waals surface area contributed by atoms with E-state index in [0.717, 1.165) is 17.1 Å². The van der Waals surface area contributed by atoms with Gasteiger partial charge in [0, 0.05) is 42.6 Å². The molecule has 0 unspecified atom stereocenters. The second kappa shape index (κ2) is 12.0. The molecule has 0 aliphatic carbocycles. The van der Waals surface area contributed by atoms with Crippen LogP contribution in [0.3, 0.4) is 0 Å². The fourth-order valence-corrected chi connectivity index (χ4v) is 8.12. The fraction of sp³-hybridized carbons (Fsp3) is 0. The summed E-state index contributed by atoms with van der Waals surface area (Å²) in [6.45, 7) is 0. The molecule has 0 spiro atoms. The number of rotatable bonds is 6. The maximum Gasteiger partial charge on any atom is 0.0474 e. The molecule has 226 valence electrons. The standard InChI is InChI=1S/C46H31NS/c1-4-12-32(13-5-1)34-20-24-37(25-21-34)47(38-26-22-35(23-27-38)33-14-6-2-7-15-33)39-30-43(36-16-8-3-9-17-36)40-28-29-42-41-18-10-11-19-45(41)48-46(42)44(40)31-39/h1-31H. The van der Waals surface area contributed by atoms with Gasteiger partial charge in [0.25, 0.3) is 0 Å². The van der Waals surface area contributed by atoms with Crippen LogP contribution in [0.25, 0.3) is 64.3 Å². The molecule has 0 amide bonds. The van der Waals surface area contributed by atoms with Crippen molar-refractivity contribution in [2.24, 2.45) is 0 Å². The van der Waals surface area contributed by atoms with Crippen LogP contribution in [0.5, 0.6) is 0 Å². The average Bonchev–Trinajstić information content (AvgIpc) is 3.56. The van der Waals surface area contributed by atoms with E-state index in [2.05, 4.69) is 193 Å². The monoisotopic (exact) mass is 629 g/mol. The van der Waals surface area contributed by atoms with Gasteiger partial charge in [0.05, 0.1) is 0 Å². The molecule has 1 heterocycles. The first-order valence-electron chi connectivity index (χ1n) is 16.3. The number of anilines is 3. The summed E-state index contributed by atoms with van der Waals surface area (Å²) < 4.78 is 2.64. The third-order valence-electron chi connectivity index (χ3n) is 9.27. The van der Waals surface area contributed by atoms with Gasteiger partial charge in [-0.05, 0) is 81.2 Å². The number of nitrogens with zero attached hydrogens (tertiary/aromatic N) is 1. The van der Waals surface area contributed by atoms with Crippen LogP contribution < -0.4 is 4.90 Å². The van der Waals surface area contributed by atoms with Crippen molar-refractivity contribution in [2.75, 3.05) is 4.90 Å². The van der Waals surface area contributed by atoms with Gasteiger partial charge in [0.2, 0.25) is 0 Å². The Kier molecular flexibility index (Phi) is 7.07. The minimum absolute atomic E-state index is 1.11. The van der Waals surface area contributed by atoms with Crippen molar-refractivity contribution in [3.63, 3.8) is 0 Å². The van der Waals surface area contributed by atoms with Crippen LogP contribution >= 0.6 is 11.3 Å². The van der Waals surface area contributed by atoms with E-state index in [1.54, 1.807) is 0 Å². The minimum atomic E-state index is 1.11. The van der Waals surface area contributed by atoms with Gasteiger partial charge >= 0.3 is 0 Å². The first kappa shape index (κ1) is 28.3. The smallest absolute Gasteiger partial charge is 0.0474 e. The maximum absolute atomic E-state index is 2.40. The number of fused-ring (bicyclic) bond motifs is 5. The zero-order chi connectivity index (χ0) is 31.9. The summed E-state index contributed by atoms with van der Waals surface area (Å²) in [5.74, 6) is 0. The van der Waals surface area contributed by atoms with Crippen LogP contribution in [0.2, 0.25) is 0 Å². The third kappa shape index (κ3) is 5.04. The number of thiophene rings is 1. The number of hydrogen-bond acceptors (Lipinski definition) is 2. The van der Waals surface area contributed by atoms with Gasteiger partial charge < -0.3 is 4.90 Å². The highest BCUT2D eigenvalue weighted by Crippen LogP contribution is 2.45. The fourth-order valence-electron chi connectivity index (χ4n) is 6.90. The Morgan fingerprint density at radius 1 is 0.312 bits per heavy atom. The average molecular weight is 630 g/mol. The van der Waals surface area contributed by atoms with Gasteiger partial charge in [-0.15, -0.1) is 11.3 Å². The van der Waals surface area contributed by atoms with Gasteiger partial charge in [-0.2, -0.15) is 0 Å². The molecule has 0 atom stereocenters. The predicted octanol–water partition coefficient (Wildman–Crippen LogP) is 13.7. The largest absolute Gasteiger partial charge is 0.310 e. The van der Waals surface area contributed by atoms with E-state index in [4.69, 9.17) is 0 Å². The summed E-state index contributed by atoms with van der Waals surface area (Å²) in [7, 11) is 0. The van der Waals surface area contributed by atoms with Gasteiger partial charge in [0.15, 0.2) is 0 Å². The van der Waals surface area contributed by atoms with Gasteiger partial charge in [0.1, 0.15) is 0 Å². The highest BCUT2D eigenvalue weighted by Gasteiger charge is 2.19. The van der Waals surface area contributed by atoms with Crippen molar-refractivity contribution in [1.82, 2.24) is 0 Å². The topological polar surface area (TPSA) is 3.24 Å². The quantitative estimate of drug-likeness (QED) is 0.177. The molecule has 0 bridgehead atoms. The van der Waals surface area contributed by atoms with Crippen molar-refractivity contribution < 1.29 is 0 Å². The first-order valence-corrected chi connectivity index (χ1v) is 17.2. The van der Waals surface area contributed by atoms with E-state index in [-0.39, 0.29) is 0 Å². The molecular weight excluding hydrogens is 599 g/mol. The molecule has 0 aliphatic heterocycles. The summed E-state index contributed by atoms with van der Waals surface area (Å²) in [5, 5.41) is 5.17. The summed E-state index contributed by atoms with van der Waals surface area (Å²) in [4.78, 5) is 2.40. The Bertz CT molecular complexity index is 2430. The highest BCUT2D eigenvalue weighted by molar-refractivity contribution is 7.26. The lowest BCUT2D eigenvalue weighted by molar-refractivity contribution is 1.29. The van der Waals surface area contributed by atoms with Crippen LogP contribution in [-0.2, 0) is 0 Å². The van der Waals surface area contributed by atoms with Crippen molar-refractivity contribution in [3.8, 4) is 33.4 Å². The Balaban J connectivity index is 1.28. The lowest BCUT2D eigenvalue weighted by atomic mass is 9.95. The molecule has 0 saturated carbocycles. The molecule has 9 aromatic rings. The Labute approximate surface area is 284 Å². The number of benzene rings is 8. The second-order valence-electron chi connectivity index (χ2n) is 12.2. The van der Waals surface area contributed by atoms with E-state index in [0.29, 0.717) is 0 Å². The lowest BCUT2D eigenvalue weighted by Crippen LogP contribution is -2.10. The minimum Gasteiger partial charge on any atom is -0.310 e. The summed E-state index contributed by atoms with van der Waals surface area (Å²) in [5.41, 5.74) is 10.6. The molecule has 0 aliphatic rings. The molecule has 0 fully saturated rings. The summed E-state index contributed by atoms with van der Waals surface area (Å²) in [6, 6.07) is 68.1. The van der Waals surface area contributed by atoms with Crippen LogP contribution in [0.4, 0.5) is 17.1 Å². The molecule has 9 rings (SSSR count).